The lowest BCUT2D eigenvalue weighted by molar-refractivity contribution is 0.232. The van der Waals surface area contributed by atoms with Crippen molar-refractivity contribution in [3.05, 3.63) is 35.4 Å². The standard InChI is InChI=1S/C15H20N2O3S/c18-15(16-12-8-9-21(19,20)10-12)17-14-7-3-5-11-4-1-2-6-13(11)14/h1-2,4,6,12,14H,3,5,7-10H2,(H2,16,17,18)/t12-,14-/m1/s1. The second-order valence-electron chi connectivity index (χ2n) is 5.86. The smallest absolute Gasteiger partial charge is 0.315 e. The van der Waals surface area contributed by atoms with E-state index in [4.69, 9.17) is 0 Å². The van der Waals surface area contributed by atoms with Crippen molar-refractivity contribution in [2.24, 2.45) is 0 Å². The van der Waals surface area contributed by atoms with E-state index in [2.05, 4.69) is 22.8 Å². The summed E-state index contributed by atoms with van der Waals surface area (Å²) in [6.07, 6.45) is 3.54. The number of carbonyl (C=O) groups excluding carboxylic acids is 1. The molecular weight excluding hydrogens is 288 g/mol. The lowest BCUT2D eigenvalue weighted by Gasteiger charge is -2.27. The van der Waals surface area contributed by atoms with Crippen molar-refractivity contribution in [2.75, 3.05) is 11.5 Å². The van der Waals surface area contributed by atoms with Crippen LogP contribution in [0.5, 0.6) is 0 Å². The van der Waals surface area contributed by atoms with E-state index >= 15 is 0 Å². The van der Waals surface area contributed by atoms with E-state index in [9.17, 15) is 13.2 Å². The Balaban J connectivity index is 1.61. The van der Waals surface area contributed by atoms with E-state index in [-0.39, 0.29) is 29.6 Å². The molecular formula is C15H20N2O3S. The van der Waals surface area contributed by atoms with Gasteiger partial charge in [-0.1, -0.05) is 24.3 Å². The van der Waals surface area contributed by atoms with Crippen LogP contribution in [0.15, 0.2) is 24.3 Å². The van der Waals surface area contributed by atoms with Crippen LogP contribution < -0.4 is 10.6 Å². The second-order valence-corrected chi connectivity index (χ2v) is 8.09. The van der Waals surface area contributed by atoms with Gasteiger partial charge in [-0.2, -0.15) is 0 Å². The van der Waals surface area contributed by atoms with Gasteiger partial charge in [0, 0.05) is 6.04 Å². The van der Waals surface area contributed by atoms with Gasteiger partial charge in [-0.3, -0.25) is 0 Å². The minimum atomic E-state index is -2.97. The number of hydrogen-bond donors (Lipinski definition) is 2. The summed E-state index contributed by atoms with van der Waals surface area (Å²) in [6.45, 7) is 0. The first-order chi connectivity index (χ1) is 10.0. The number of amides is 2. The molecule has 1 aromatic carbocycles. The van der Waals surface area contributed by atoms with E-state index < -0.39 is 9.84 Å². The van der Waals surface area contributed by atoms with Crippen molar-refractivity contribution in [1.82, 2.24) is 10.6 Å². The van der Waals surface area contributed by atoms with Gasteiger partial charge < -0.3 is 10.6 Å². The summed E-state index contributed by atoms with van der Waals surface area (Å²) >= 11 is 0. The summed E-state index contributed by atoms with van der Waals surface area (Å²) in [4.78, 5) is 12.1. The molecule has 5 nitrogen and oxygen atoms in total. The lowest BCUT2D eigenvalue weighted by Crippen LogP contribution is -2.44. The zero-order chi connectivity index (χ0) is 14.9. The van der Waals surface area contributed by atoms with Crippen molar-refractivity contribution < 1.29 is 13.2 Å². The maximum atomic E-state index is 12.1. The normalized spacial score (nSPS) is 26.9. The van der Waals surface area contributed by atoms with Crippen LogP contribution in [0.25, 0.3) is 0 Å². The van der Waals surface area contributed by atoms with E-state index in [0.717, 1.165) is 19.3 Å². The molecule has 21 heavy (non-hydrogen) atoms. The number of nitrogens with one attached hydrogen (secondary N) is 2. The van der Waals surface area contributed by atoms with Gasteiger partial charge in [0.05, 0.1) is 17.5 Å². The molecule has 1 aliphatic heterocycles. The van der Waals surface area contributed by atoms with Crippen molar-refractivity contribution in [3.63, 3.8) is 0 Å². The maximum Gasteiger partial charge on any atom is 0.315 e. The highest BCUT2D eigenvalue weighted by atomic mass is 32.2. The third kappa shape index (κ3) is 3.37. The average molecular weight is 308 g/mol. The van der Waals surface area contributed by atoms with Gasteiger partial charge in [-0.15, -0.1) is 0 Å². The topological polar surface area (TPSA) is 75.3 Å². The van der Waals surface area contributed by atoms with Crippen LogP contribution in [-0.2, 0) is 16.3 Å². The molecule has 0 saturated carbocycles. The molecule has 3 rings (SSSR count). The third-order valence-corrected chi connectivity index (χ3v) is 6.01. The van der Waals surface area contributed by atoms with Crippen LogP contribution in [0.2, 0.25) is 0 Å². The van der Waals surface area contributed by atoms with Crippen LogP contribution in [0.4, 0.5) is 4.79 Å². The van der Waals surface area contributed by atoms with Gasteiger partial charge in [-0.05, 0) is 36.8 Å². The largest absolute Gasteiger partial charge is 0.334 e. The Bertz CT molecular complexity index is 642. The highest BCUT2D eigenvalue weighted by molar-refractivity contribution is 7.91. The molecule has 2 amide bonds. The van der Waals surface area contributed by atoms with Gasteiger partial charge in [0.2, 0.25) is 0 Å². The van der Waals surface area contributed by atoms with Gasteiger partial charge in [0.15, 0.2) is 9.84 Å². The Morgan fingerprint density at radius 2 is 1.95 bits per heavy atom. The quantitative estimate of drug-likeness (QED) is 0.870. The molecule has 0 radical (unpaired) electrons. The highest BCUT2D eigenvalue weighted by Crippen LogP contribution is 2.29. The zero-order valence-corrected chi connectivity index (χ0v) is 12.7. The predicted octanol–water partition coefficient (Wildman–Crippen LogP) is 1.55. The fourth-order valence-corrected chi connectivity index (χ4v) is 4.87. The molecule has 2 aliphatic rings. The molecule has 1 aliphatic carbocycles. The average Bonchev–Trinajstić information content (AvgIpc) is 2.78. The number of aryl methyl sites for hydroxylation is 1. The second kappa shape index (κ2) is 5.67. The maximum absolute atomic E-state index is 12.1. The molecule has 2 N–H and O–H groups in total. The number of benzene rings is 1. The van der Waals surface area contributed by atoms with Crippen molar-refractivity contribution in [3.8, 4) is 0 Å². The van der Waals surface area contributed by atoms with Crippen LogP contribution >= 0.6 is 0 Å². The molecule has 1 fully saturated rings. The Labute approximate surface area is 125 Å². The number of fused-ring (bicyclic) bond motifs is 1. The van der Waals surface area contributed by atoms with Crippen molar-refractivity contribution in [1.29, 1.82) is 0 Å². The minimum absolute atomic E-state index is 0.0213. The first kappa shape index (κ1) is 14.4. The predicted molar refractivity (Wildman–Crippen MR) is 80.8 cm³/mol. The Kier molecular flexibility index (Phi) is 3.89. The molecule has 0 bridgehead atoms. The summed E-state index contributed by atoms with van der Waals surface area (Å²) < 4.78 is 22.8. The Morgan fingerprint density at radius 1 is 1.14 bits per heavy atom. The highest BCUT2D eigenvalue weighted by Gasteiger charge is 2.29. The summed E-state index contributed by atoms with van der Waals surface area (Å²) in [5.74, 6) is 0.228. The van der Waals surface area contributed by atoms with Crippen LogP contribution in [0.1, 0.15) is 36.4 Å². The molecule has 114 valence electrons. The van der Waals surface area contributed by atoms with Gasteiger partial charge in [-0.25, -0.2) is 13.2 Å². The van der Waals surface area contributed by atoms with E-state index in [1.165, 1.54) is 11.1 Å². The van der Waals surface area contributed by atoms with Gasteiger partial charge >= 0.3 is 6.03 Å². The molecule has 1 aromatic rings. The first-order valence-corrected chi connectivity index (χ1v) is 9.21. The monoisotopic (exact) mass is 308 g/mol. The van der Waals surface area contributed by atoms with Gasteiger partial charge in [0.1, 0.15) is 0 Å². The van der Waals surface area contributed by atoms with E-state index in [1.807, 2.05) is 12.1 Å². The number of hydrogen-bond acceptors (Lipinski definition) is 3. The van der Waals surface area contributed by atoms with E-state index in [1.54, 1.807) is 0 Å². The first-order valence-electron chi connectivity index (χ1n) is 7.39. The molecule has 0 spiro atoms. The molecule has 0 unspecified atom stereocenters. The summed E-state index contributed by atoms with van der Waals surface area (Å²) in [5.41, 5.74) is 2.47. The third-order valence-electron chi connectivity index (χ3n) is 4.24. The summed E-state index contributed by atoms with van der Waals surface area (Å²) in [7, 11) is -2.97. The fourth-order valence-electron chi connectivity index (χ4n) is 3.20. The van der Waals surface area contributed by atoms with E-state index in [0.29, 0.717) is 6.42 Å². The lowest BCUT2D eigenvalue weighted by atomic mass is 9.88. The minimum Gasteiger partial charge on any atom is -0.334 e. The summed E-state index contributed by atoms with van der Waals surface area (Å²) in [6, 6.07) is 7.66. The number of urea groups is 1. The van der Waals surface area contributed by atoms with Crippen molar-refractivity contribution in [2.45, 2.75) is 37.8 Å². The molecule has 0 aromatic heterocycles. The number of carbonyl (C=O) groups is 1. The fraction of sp³-hybridized carbons (Fsp3) is 0.533. The molecule has 1 heterocycles. The van der Waals surface area contributed by atoms with Crippen molar-refractivity contribution >= 4 is 15.9 Å². The van der Waals surface area contributed by atoms with Crippen LogP contribution in [0.3, 0.4) is 0 Å². The molecule has 6 heteroatoms. The zero-order valence-electron chi connectivity index (χ0n) is 11.8. The SMILES string of the molecule is O=C(N[C@@H]1CCS(=O)(=O)C1)N[C@@H]1CCCc2ccccc21. The number of rotatable bonds is 2. The van der Waals surface area contributed by atoms with Crippen LogP contribution in [-0.4, -0.2) is 32.0 Å². The van der Waals surface area contributed by atoms with Crippen LogP contribution in [0, 0.1) is 0 Å². The van der Waals surface area contributed by atoms with Gasteiger partial charge in [0.25, 0.3) is 0 Å². The summed E-state index contributed by atoms with van der Waals surface area (Å²) in [5, 5.41) is 5.77. The Hall–Kier alpha value is -1.56. The number of sulfone groups is 1. The Morgan fingerprint density at radius 3 is 2.71 bits per heavy atom. The molecule has 2 atom stereocenters. The molecule has 1 saturated heterocycles.